The fourth-order valence-electron chi connectivity index (χ4n) is 2.32. The van der Waals surface area contributed by atoms with Crippen LogP contribution in [-0.2, 0) is 11.2 Å². The summed E-state index contributed by atoms with van der Waals surface area (Å²) >= 11 is 0. The van der Waals surface area contributed by atoms with E-state index in [1.807, 2.05) is 38.1 Å². The third-order valence-electron chi connectivity index (χ3n) is 3.76. The van der Waals surface area contributed by atoms with Crippen LogP contribution in [0, 0.1) is 0 Å². The minimum Gasteiger partial charge on any atom is -0.462 e. The molecule has 0 unspecified atom stereocenters. The van der Waals surface area contributed by atoms with Crippen molar-refractivity contribution < 1.29 is 14.3 Å². The van der Waals surface area contributed by atoms with E-state index in [9.17, 15) is 9.59 Å². The number of para-hydroxylation sites is 1. The topological polar surface area (TPSA) is 67.4 Å². The molecule has 2 amide bonds. The quantitative estimate of drug-likeness (QED) is 0.559. The van der Waals surface area contributed by atoms with Crippen LogP contribution < -0.4 is 10.6 Å². The highest BCUT2D eigenvalue weighted by atomic mass is 16.5. The van der Waals surface area contributed by atoms with E-state index in [0.29, 0.717) is 17.9 Å². The van der Waals surface area contributed by atoms with E-state index in [2.05, 4.69) is 10.6 Å². The molecule has 0 atom stereocenters. The van der Waals surface area contributed by atoms with Crippen LogP contribution in [0.4, 0.5) is 16.2 Å². The van der Waals surface area contributed by atoms with Crippen molar-refractivity contribution in [3.05, 3.63) is 59.7 Å². The van der Waals surface area contributed by atoms with Gasteiger partial charge in [-0.1, -0.05) is 38.5 Å². The summed E-state index contributed by atoms with van der Waals surface area (Å²) in [6.45, 7) is 4.50. The summed E-state index contributed by atoms with van der Waals surface area (Å²) in [5.74, 6) is -0.346. The molecule has 5 nitrogen and oxygen atoms in total. The van der Waals surface area contributed by atoms with Crippen LogP contribution >= 0.6 is 0 Å². The summed E-state index contributed by atoms with van der Waals surface area (Å²) in [6.07, 6.45) is 2.67. The fraction of sp³-hybridized carbons (Fsp3) is 0.300. The first-order valence-corrected chi connectivity index (χ1v) is 8.57. The average molecular weight is 340 g/mol. The van der Waals surface area contributed by atoms with Gasteiger partial charge in [0.05, 0.1) is 12.2 Å². The maximum atomic E-state index is 12.1. The maximum absolute atomic E-state index is 12.1. The van der Waals surface area contributed by atoms with Gasteiger partial charge in [0, 0.05) is 11.4 Å². The Morgan fingerprint density at radius 1 is 0.960 bits per heavy atom. The number of amides is 2. The monoisotopic (exact) mass is 340 g/mol. The molecule has 0 aromatic heterocycles. The lowest BCUT2D eigenvalue weighted by Crippen LogP contribution is -2.20. The Labute approximate surface area is 148 Å². The Bertz CT molecular complexity index is 711. The molecular formula is C20H24N2O3. The zero-order valence-corrected chi connectivity index (χ0v) is 14.7. The molecule has 0 saturated carbocycles. The molecule has 0 saturated heterocycles. The van der Waals surface area contributed by atoms with Crippen LogP contribution in [0.25, 0.3) is 0 Å². The Kier molecular flexibility index (Phi) is 7.01. The summed E-state index contributed by atoms with van der Waals surface area (Å²) in [6, 6.07) is 14.0. The van der Waals surface area contributed by atoms with Gasteiger partial charge in [-0.15, -0.1) is 0 Å². The maximum Gasteiger partial charge on any atom is 0.338 e. The molecular weight excluding hydrogens is 316 g/mol. The number of hydrogen-bond acceptors (Lipinski definition) is 3. The number of nitrogens with one attached hydrogen (secondary N) is 2. The SMILES string of the molecule is CCCCOC(=O)c1ccc(NC(=O)Nc2ccccc2CC)cc1. The van der Waals surface area contributed by atoms with Crippen molar-refractivity contribution in [2.75, 3.05) is 17.2 Å². The second-order valence-electron chi connectivity index (χ2n) is 5.66. The highest BCUT2D eigenvalue weighted by molar-refractivity contribution is 6.00. The minimum atomic E-state index is -0.346. The third-order valence-corrected chi connectivity index (χ3v) is 3.76. The Morgan fingerprint density at radius 2 is 1.68 bits per heavy atom. The van der Waals surface area contributed by atoms with Crippen molar-refractivity contribution in [1.82, 2.24) is 0 Å². The molecule has 0 aliphatic carbocycles. The number of esters is 1. The lowest BCUT2D eigenvalue weighted by atomic mass is 10.1. The van der Waals surface area contributed by atoms with E-state index in [4.69, 9.17) is 4.74 Å². The van der Waals surface area contributed by atoms with Crippen LogP contribution in [0.5, 0.6) is 0 Å². The number of carbonyl (C=O) groups excluding carboxylic acids is 2. The highest BCUT2D eigenvalue weighted by Gasteiger charge is 2.09. The van der Waals surface area contributed by atoms with Crippen molar-refractivity contribution in [2.24, 2.45) is 0 Å². The van der Waals surface area contributed by atoms with Crippen molar-refractivity contribution >= 4 is 23.4 Å². The van der Waals surface area contributed by atoms with E-state index in [1.165, 1.54) is 0 Å². The Morgan fingerprint density at radius 3 is 2.36 bits per heavy atom. The number of rotatable bonds is 7. The van der Waals surface area contributed by atoms with Gasteiger partial charge in [-0.25, -0.2) is 9.59 Å². The standard InChI is InChI=1S/C20H24N2O3/c1-3-5-14-25-19(23)16-10-12-17(13-11-16)21-20(24)22-18-9-7-6-8-15(18)4-2/h6-13H,3-5,14H2,1-2H3,(H2,21,22,24). The predicted molar refractivity (Wildman–Crippen MR) is 100 cm³/mol. The fourth-order valence-corrected chi connectivity index (χ4v) is 2.32. The third kappa shape index (κ3) is 5.64. The second kappa shape index (κ2) is 9.47. The zero-order chi connectivity index (χ0) is 18.1. The number of ether oxygens (including phenoxy) is 1. The van der Waals surface area contributed by atoms with Crippen molar-refractivity contribution in [3.63, 3.8) is 0 Å². The molecule has 0 heterocycles. The Balaban J connectivity index is 1.92. The van der Waals surface area contributed by atoms with E-state index < -0.39 is 0 Å². The second-order valence-corrected chi connectivity index (χ2v) is 5.66. The smallest absolute Gasteiger partial charge is 0.338 e. The molecule has 0 aliphatic heterocycles. The van der Waals surface area contributed by atoms with Gasteiger partial charge in [0.1, 0.15) is 0 Å². The van der Waals surface area contributed by atoms with Crippen molar-refractivity contribution in [2.45, 2.75) is 33.1 Å². The summed E-state index contributed by atoms with van der Waals surface area (Å²) in [7, 11) is 0. The summed E-state index contributed by atoms with van der Waals surface area (Å²) in [5, 5.41) is 5.60. The highest BCUT2D eigenvalue weighted by Crippen LogP contribution is 2.16. The molecule has 0 aliphatic rings. The first kappa shape index (κ1) is 18.5. The normalized spacial score (nSPS) is 10.2. The molecule has 0 fully saturated rings. The Hall–Kier alpha value is -2.82. The van der Waals surface area contributed by atoms with E-state index in [-0.39, 0.29) is 12.0 Å². The largest absolute Gasteiger partial charge is 0.462 e. The number of aryl methyl sites for hydroxylation is 1. The number of unbranched alkanes of at least 4 members (excludes halogenated alkanes) is 1. The first-order valence-electron chi connectivity index (χ1n) is 8.57. The van der Waals surface area contributed by atoms with Crippen molar-refractivity contribution in [3.8, 4) is 0 Å². The number of carbonyl (C=O) groups is 2. The number of benzene rings is 2. The average Bonchev–Trinajstić information content (AvgIpc) is 2.63. The molecule has 5 heteroatoms. The van der Waals surface area contributed by atoms with Gasteiger partial charge in [0.15, 0.2) is 0 Å². The summed E-state index contributed by atoms with van der Waals surface area (Å²) in [4.78, 5) is 24.0. The molecule has 2 N–H and O–H groups in total. The molecule has 0 spiro atoms. The molecule has 2 aromatic carbocycles. The van der Waals surface area contributed by atoms with E-state index in [1.54, 1.807) is 24.3 Å². The van der Waals surface area contributed by atoms with Crippen LogP contribution in [0.15, 0.2) is 48.5 Å². The van der Waals surface area contributed by atoms with Crippen LogP contribution in [0.3, 0.4) is 0 Å². The lowest BCUT2D eigenvalue weighted by Gasteiger charge is -2.11. The van der Waals surface area contributed by atoms with Gasteiger partial charge in [-0.2, -0.15) is 0 Å². The molecule has 132 valence electrons. The minimum absolute atomic E-state index is 0.320. The number of urea groups is 1. The van der Waals surface area contributed by atoms with Crippen molar-refractivity contribution in [1.29, 1.82) is 0 Å². The van der Waals surface area contributed by atoms with Gasteiger partial charge >= 0.3 is 12.0 Å². The first-order chi connectivity index (χ1) is 12.1. The number of hydrogen-bond donors (Lipinski definition) is 2. The molecule has 0 radical (unpaired) electrons. The molecule has 0 bridgehead atoms. The lowest BCUT2D eigenvalue weighted by molar-refractivity contribution is 0.0500. The van der Waals surface area contributed by atoms with E-state index >= 15 is 0 Å². The van der Waals surface area contributed by atoms with Gasteiger partial charge < -0.3 is 15.4 Å². The summed E-state index contributed by atoms with van der Waals surface area (Å²) < 4.78 is 5.16. The summed E-state index contributed by atoms with van der Waals surface area (Å²) in [5.41, 5.74) is 2.94. The van der Waals surface area contributed by atoms with E-state index in [0.717, 1.165) is 30.5 Å². The van der Waals surface area contributed by atoms with Gasteiger partial charge in [-0.05, 0) is 48.7 Å². The molecule has 25 heavy (non-hydrogen) atoms. The zero-order valence-electron chi connectivity index (χ0n) is 14.7. The van der Waals surface area contributed by atoms with Crippen LogP contribution in [0.1, 0.15) is 42.6 Å². The number of anilines is 2. The molecule has 2 aromatic rings. The van der Waals surface area contributed by atoms with Gasteiger partial charge in [0.2, 0.25) is 0 Å². The van der Waals surface area contributed by atoms with Crippen LogP contribution in [0.2, 0.25) is 0 Å². The molecule has 2 rings (SSSR count). The van der Waals surface area contributed by atoms with Gasteiger partial charge in [0.25, 0.3) is 0 Å². The van der Waals surface area contributed by atoms with Crippen LogP contribution in [-0.4, -0.2) is 18.6 Å². The van der Waals surface area contributed by atoms with Gasteiger partial charge in [-0.3, -0.25) is 0 Å². The predicted octanol–water partition coefficient (Wildman–Crippen LogP) is 4.85.